The first-order valence-electron chi connectivity index (χ1n) is 10.2. The third-order valence-electron chi connectivity index (χ3n) is 5.57. The lowest BCUT2D eigenvalue weighted by atomic mass is 9.97. The molecule has 1 aliphatic carbocycles. The number of piperidine rings is 1. The van der Waals surface area contributed by atoms with Crippen molar-refractivity contribution in [3.05, 3.63) is 33.8 Å². The third kappa shape index (κ3) is 4.11. The maximum absolute atomic E-state index is 12.8. The Balaban J connectivity index is 1.46. The maximum atomic E-state index is 12.8. The van der Waals surface area contributed by atoms with Gasteiger partial charge in [0.2, 0.25) is 10.1 Å². The molecule has 0 spiro atoms. The second-order valence-corrected chi connectivity index (χ2v) is 8.80. The van der Waals surface area contributed by atoms with Crippen LogP contribution < -0.4 is 15.8 Å². The number of amides is 1. The van der Waals surface area contributed by atoms with Crippen molar-refractivity contribution in [1.29, 1.82) is 0 Å². The van der Waals surface area contributed by atoms with Crippen molar-refractivity contribution in [2.75, 3.05) is 24.5 Å². The van der Waals surface area contributed by atoms with Crippen LogP contribution in [-0.4, -0.2) is 40.1 Å². The standard InChI is InChI=1S/C20H27N5O2S/c1-14-6-5-11-24(13-14)20-23-25-18(27)16(12-22-19(25)28-20)17(26)21-10-9-15-7-3-2-4-8-15/h7,12,14H,2-6,8-11,13H2,1H3,(H,21,26)/t14-/m0/s1. The van der Waals surface area contributed by atoms with E-state index in [9.17, 15) is 9.59 Å². The molecule has 1 atom stereocenters. The second-order valence-electron chi connectivity index (χ2n) is 7.86. The molecule has 4 rings (SSSR count). The van der Waals surface area contributed by atoms with Crippen molar-refractivity contribution in [2.45, 2.75) is 51.9 Å². The minimum atomic E-state index is -0.396. The molecule has 2 aromatic rings. The molecule has 1 aliphatic heterocycles. The molecule has 2 aliphatic rings. The summed E-state index contributed by atoms with van der Waals surface area (Å²) < 4.78 is 1.28. The van der Waals surface area contributed by atoms with Gasteiger partial charge in [0.25, 0.3) is 11.5 Å². The Hall–Kier alpha value is -2.22. The first kappa shape index (κ1) is 19.1. The fourth-order valence-corrected chi connectivity index (χ4v) is 4.88. The molecular formula is C20H27N5O2S. The van der Waals surface area contributed by atoms with Crippen LogP contribution in [0.3, 0.4) is 0 Å². The molecule has 2 aromatic heterocycles. The van der Waals surface area contributed by atoms with E-state index in [1.807, 2.05) is 0 Å². The van der Waals surface area contributed by atoms with Crippen LogP contribution in [0.2, 0.25) is 0 Å². The van der Waals surface area contributed by atoms with E-state index in [0.717, 1.165) is 43.9 Å². The van der Waals surface area contributed by atoms with Gasteiger partial charge in [-0.1, -0.05) is 29.9 Å². The average Bonchev–Trinajstić information content (AvgIpc) is 3.14. The Kier molecular flexibility index (Phi) is 5.75. The molecule has 28 heavy (non-hydrogen) atoms. The van der Waals surface area contributed by atoms with E-state index in [-0.39, 0.29) is 11.5 Å². The van der Waals surface area contributed by atoms with Crippen LogP contribution in [0.1, 0.15) is 62.2 Å². The number of nitrogens with one attached hydrogen (secondary N) is 1. The summed E-state index contributed by atoms with van der Waals surface area (Å²) in [5, 5.41) is 8.13. The number of carbonyl (C=O) groups excluding carboxylic acids is 1. The third-order valence-corrected chi connectivity index (χ3v) is 6.55. The fraction of sp³-hybridized carbons (Fsp3) is 0.600. The molecule has 150 valence electrons. The number of carbonyl (C=O) groups is 1. The zero-order chi connectivity index (χ0) is 19.5. The molecule has 0 aromatic carbocycles. The van der Waals surface area contributed by atoms with Gasteiger partial charge in [-0.2, -0.15) is 4.52 Å². The quantitative estimate of drug-likeness (QED) is 0.779. The van der Waals surface area contributed by atoms with E-state index < -0.39 is 5.56 Å². The van der Waals surface area contributed by atoms with Crippen LogP contribution in [0.5, 0.6) is 0 Å². The molecular weight excluding hydrogens is 374 g/mol. The predicted octanol–water partition coefficient (Wildman–Crippen LogP) is 3.01. The van der Waals surface area contributed by atoms with Crippen molar-refractivity contribution < 1.29 is 4.79 Å². The molecule has 1 fully saturated rings. The smallest absolute Gasteiger partial charge is 0.288 e. The van der Waals surface area contributed by atoms with Gasteiger partial charge >= 0.3 is 0 Å². The number of aromatic nitrogens is 3. The fourth-order valence-electron chi connectivity index (χ4n) is 3.99. The molecule has 8 heteroatoms. The maximum Gasteiger partial charge on any atom is 0.288 e. The van der Waals surface area contributed by atoms with Gasteiger partial charge in [-0.3, -0.25) is 9.59 Å². The summed E-state index contributed by atoms with van der Waals surface area (Å²) in [6.07, 6.45) is 11.6. The molecule has 1 N–H and O–H groups in total. The molecule has 0 unspecified atom stereocenters. The predicted molar refractivity (Wildman–Crippen MR) is 111 cm³/mol. The van der Waals surface area contributed by atoms with Gasteiger partial charge in [-0.25, -0.2) is 4.98 Å². The van der Waals surface area contributed by atoms with Crippen LogP contribution >= 0.6 is 11.3 Å². The molecule has 1 saturated heterocycles. The summed E-state index contributed by atoms with van der Waals surface area (Å²) in [5.74, 6) is 0.246. The van der Waals surface area contributed by atoms with E-state index in [4.69, 9.17) is 0 Å². The van der Waals surface area contributed by atoms with Crippen molar-refractivity contribution in [3.8, 4) is 0 Å². The lowest BCUT2D eigenvalue weighted by Crippen LogP contribution is -2.35. The van der Waals surface area contributed by atoms with Crippen LogP contribution in [0, 0.1) is 5.92 Å². The highest BCUT2D eigenvalue weighted by Gasteiger charge is 2.22. The Labute approximate surface area is 168 Å². The Morgan fingerprint density at radius 3 is 3.04 bits per heavy atom. The summed E-state index contributed by atoms with van der Waals surface area (Å²) >= 11 is 1.40. The SMILES string of the molecule is C[C@H]1CCCN(c2nn3c(=O)c(C(=O)NCCC4=CCCCC4)cnc3s2)C1. The largest absolute Gasteiger partial charge is 0.351 e. The van der Waals surface area contributed by atoms with Crippen molar-refractivity contribution in [2.24, 2.45) is 5.92 Å². The van der Waals surface area contributed by atoms with Gasteiger partial charge in [-0.15, -0.1) is 5.10 Å². The first-order valence-corrected chi connectivity index (χ1v) is 11.0. The van der Waals surface area contributed by atoms with Crippen LogP contribution in [0.15, 0.2) is 22.6 Å². The minimum Gasteiger partial charge on any atom is -0.351 e. The van der Waals surface area contributed by atoms with Gasteiger partial charge in [0.15, 0.2) is 0 Å². The highest BCUT2D eigenvalue weighted by molar-refractivity contribution is 7.20. The van der Waals surface area contributed by atoms with E-state index >= 15 is 0 Å². The highest BCUT2D eigenvalue weighted by Crippen LogP contribution is 2.26. The highest BCUT2D eigenvalue weighted by atomic mass is 32.1. The number of nitrogens with zero attached hydrogens (tertiary/aromatic N) is 4. The number of allylic oxidation sites excluding steroid dienone is 1. The van der Waals surface area contributed by atoms with E-state index in [1.165, 1.54) is 46.9 Å². The summed E-state index contributed by atoms with van der Waals surface area (Å²) in [4.78, 5) is 32.3. The second kappa shape index (κ2) is 8.43. The van der Waals surface area contributed by atoms with Crippen molar-refractivity contribution >= 4 is 27.3 Å². The van der Waals surface area contributed by atoms with Gasteiger partial charge in [0.1, 0.15) is 5.56 Å². The number of fused-ring (bicyclic) bond motifs is 1. The topological polar surface area (TPSA) is 79.6 Å². The molecule has 7 nitrogen and oxygen atoms in total. The van der Waals surface area contributed by atoms with Crippen LogP contribution in [0.25, 0.3) is 4.96 Å². The van der Waals surface area contributed by atoms with Crippen LogP contribution in [0.4, 0.5) is 5.13 Å². The van der Waals surface area contributed by atoms with Gasteiger partial charge in [-0.05, 0) is 50.9 Å². The summed E-state index contributed by atoms with van der Waals surface area (Å²) in [5.41, 5.74) is 1.06. The van der Waals surface area contributed by atoms with E-state index in [0.29, 0.717) is 17.4 Å². The van der Waals surface area contributed by atoms with Gasteiger partial charge in [0.05, 0.1) is 0 Å². The lowest BCUT2D eigenvalue weighted by Gasteiger charge is -2.30. The van der Waals surface area contributed by atoms with E-state index in [1.54, 1.807) is 0 Å². The monoisotopic (exact) mass is 401 g/mol. The Morgan fingerprint density at radius 1 is 1.36 bits per heavy atom. The zero-order valence-corrected chi connectivity index (χ0v) is 17.1. The van der Waals surface area contributed by atoms with Crippen LogP contribution in [-0.2, 0) is 0 Å². The van der Waals surface area contributed by atoms with Gasteiger partial charge < -0.3 is 10.2 Å². The molecule has 0 radical (unpaired) electrons. The van der Waals surface area contributed by atoms with E-state index in [2.05, 4.69) is 33.3 Å². The number of hydrogen-bond acceptors (Lipinski definition) is 6. The summed E-state index contributed by atoms with van der Waals surface area (Å²) in [6, 6.07) is 0. The number of anilines is 1. The average molecular weight is 402 g/mol. The van der Waals surface area contributed by atoms with Crippen molar-refractivity contribution in [3.63, 3.8) is 0 Å². The minimum absolute atomic E-state index is 0.0546. The summed E-state index contributed by atoms with van der Waals surface area (Å²) in [7, 11) is 0. The molecule has 1 amide bonds. The summed E-state index contributed by atoms with van der Waals surface area (Å²) in [6.45, 7) is 4.66. The Morgan fingerprint density at radius 2 is 2.25 bits per heavy atom. The van der Waals surface area contributed by atoms with Crippen molar-refractivity contribution in [1.82, 2.24) is 19.9 Å². The zero-order valence-electron chi connectivity index (χ0n) is 16.3. The molecule has 3 heterocycles. The first-order chi connectivity index (χ1) is 13.6. The lowest BCUT2D eigenvalue weighted by molar-refractivity contribution is 0.0952. The molecule has 0 saturated carbocycles. The Bertz CT molecular complexity index is 948. The molecule has 0 bridgehead atoms. The number of hydrogen-bond donors (Lipinski definition) is 1. The number of rotatable bonds is 5. The van der Waals surface area contributed by atoms with Gasteiger partial charge in [0, 0.05) is 25.8 Å². The normalized spacial score (nSPS) is 20.2.